The molecular formula is C22H29N3O8S. The third kappa shape index (κ3) is 8.50. The van der Waals surface area contributed by atoms with Crippen molar-refractivity contribution in [3.05, 3.63) is 36.0 Å². The highest BCUT2D eigenvalue weighted by Crippen LogP contribution is 2.19. The number of fused-ring (bicyclic) bond motifs is 1. The quantitative estimate of drug-likeness (QED) is 0.306. The maximum atomic E-state index is 13.1. The summed E-state index contributed by atoms with van der Waals surface area (Å²) in [6, 6.07) is 5.18. The summed E-state index contributed by atoms with van der Waals surface area (Å²) in [6.45, 7) is 4.50. The van der Waals surface area contributed by atoms with Crippen molar-refractivity contribution in [1.29, 1.82) is 0 Å². The number of amides is 2. The molecule has 0 saturated heterocycles. The second-order valence-electron chi connectivity index (χ2n) is 8.06. The Balaban J connectivity index is 2.19. The first kappa shape index (κ1) is 26.8. The molecule has 1 aromatic heterocycles. The number of rotatable bonds is 11. The average molecular weight is 496 g/mol. The van der Waals surface area contributed by atoms with Crippen molar-refractivity contribution in [2.24, 2.45) is 0 Å². The zero-order chi connectivity index (χ0) is 25.5. The Morgan fingerprint density at radius 3 is 2.35 bits per heavy atom. The molecular weight excluding hydrogens is 466 g/mol. The van der Waals surface area contributed by atoms with Crippen LogP contribution in [0.3, 0.4) is 0 Å². The Labute approximate surface area is 197 Å². The van der Waals surface area contributed by atoms with E-state index in [1.165, 1.54) is 6.92 Å². The Morgan fingerprint density at radius 2 is 1.74 bits per heavy atom. The van der Waals surface area contributed by atoms with Crippen LogP contribution in [0.5, 0.6) is 0 Å². The number of carbonyl (C=O) groups excluding carboxylic acids is 4. The van der Waals surface area contributed by atoms with E-state index in [9.17, 15) is 27.6 Å². The monoisotopic (exact) mass is 495 g/mol. The van der Waals surface area contributed by atoms with Crippen LogP contribution in [-0.2, 0) is 44.6 Å². The molecule has 3 N–H and O–H groups in total. The van der Waals surface area contributed by atoms with Crippen LogP contribution in [0.2, 0.25) is 0 Å². The zero-order valence-corrected chi connectivity index (χ0v) is 20.2. The normalized spacial score (nSPS) is 13.2. The van der Waals surface area contributed by atoms with Crippen molar-refractivity contribution in [3.8, 4) is 0 Å². The number of benzene rings is 1. The highest BCUT2D eigenvalue weighted by Gasteiger charge is 2.29. The highest BCUT2D eigenvalue weighted by atomic mass is 32.2. The predicted octanol–water partition coefficient (Wildman–Crippen LogP) is 0.935. The SMILES string of the molecule is CC(=O)N[C@@H](Cc1c[nH]c2ccccc12)C(=O)N[C@@H](CCC(=O)OS(C)(=O)=O)C(=O)OC(C)C. The fraction of sp³-hybridized carbons (Fsp3) is 0.455. The van der Waals surface area contributed by atoms with Crippen LogP contribution in [-0.4, -0.2) is 61.6 Å². The molecule has 1 heterocycles. The minimum atomic E-state index is -4.01. The topological polar surface area (TPSA) is 161 Å². The number of ether oxygens (including phenoxy) is 1. The number of aromatic nitrogens is 1. The number of aromatic amines is 1. The van der Waals surface area contributed by atoms with E-state index >= 15 is 0 Å². The van der Waals surface area contributed by atoms with Gasteiger partial charge >= 0.3 is 22.1 Å². The molecule has 0 aliphatic carbocycles. The van der Waals surface area contributed by atoms with Gasteiger partial charge in [0.1, 0.15) is 12.1 Å². The van der Waals surface area contributed by atoms with Gasteiger partial charge in [0.2, 0.25) is 11.8 Å². The molecule has 2 rings (SSSR count). The lowest BCUT2D eigenvalue weighted by molar-refractivity contribution is -0.152. The van der Waals surface area contributed by atoms with Crippen LogP contribution in [0.25, 0.3) is 10.9 Å². The van der Waals surface area contributed by atoms with Gasteiger partial charge in [-0.15, -0.1) is 0 Å². The Kier molecular flexibility index (Phi) is 9.19. The van der Waals surface area contributed by atoms with Gasteiger partial charge in [-0.05, 0) is 31.9 Å². The van der Waals surface area contributed by atoms with E-state index in [-0.39, 0.29) is 12.8 Å². The summed E-state index contributed by atoms with van der Waals surface area (Å²) in [6.07, 6.45) is 1.38. The van der Waals surface area contributed by atoms with Crippen LogP contribution < -0.4 is 10.6 Å². The number of esters is 1. The van der Waals surface area contributed by atoms with Gasteiger partial charge in [0.15, 0.2) is 0 Å². The molecule has 2 atom stereocenters. The lowest BCUT2D eigenvalue weighted by atomic mass is 10.0. The van der Waals surface area contributed by atoms with Gasteiger partial charge in [-0.1, -0.05) is 18.2 Å². The molecule has 2 amide bonds. The van der Waals surface area contributed by atoms with E-state index in [2.05, 4.69) is 19.8 Å². The number of hydrogen-bond acceptors (Lipinski definition) is 8. The standard InChI is InChI=1S/C22H29N3O8S/c1-13(2)32-22(29)18(9-10-20(27)33-34(4,30)31)25-21(28)19(24-14(3)26)11-15-12-23-17-8-6-5-7-16(15)17/h5-8,12-13,18-19,23H,9-11H2,1-4H3,(H,24,26)(H,25,28)/t18-,19-/m0/s1. The molecule has 0 spiro atoms. The third-order valence-corrected chi connectivity index (χ3v) is 5.12. The predicted molar refractivity (Wildman–Crippen MR) is 123 cm³/mol. The van der Waals surface area contributed by atoms with Crippen LogP contribution in [0.15, 0.2) is 30.5 Å². The maximum Gasteiger partial charge on any atom is 0.328 e. The van der Waals surface area contributed by atoms with E-state index < -0.39 is 58.5 Å². The minimum absolute atomic E-state index is 0.136. The average Bonchev–Trinajstić information content (AvgIpc) is 3.11. The molecule has 2 aromatic rings. The first-order valence-corrected chi connectivity index (χ1v) is 12.4. The van der Waals surface area contributed by atoms with Crippen molar-refractivity contribution < 1.29 is 36.5 Å². The molecule has 0 fully saturated rings. The second kappa shape index (κ2) is 11.6. The maximum absolute atomic E-state index is 13.1. The van der Waals surface area contributed by atoms with Gasteiger partial charge < -0.3 is 24.5 Å². The van der Waals surface area contributed by atoms with Crippen LogP contribution >= 0.6 is 0 Å². The molecule has 0 aliphatic rings. The van der Waals surface area contributed by atoms with Crippen molar-refractivity contribution >= 4 is 44.8 Å². The fourth-order valence-corrected chi connectivity index (χ4v) is 3.70. The molecule has 12 heteroatoms. The number of hydrogen-bond donors (Lipinski definition) is 3. The van der Waals surface area contributed by atoms with Crippen molar-refractivity contribution in [2.45, 2.75) is 58.2 Å². The van der Waals surface area contributed by atoms with E-state index in [0.717, 1.165) is 22.7 Å². The van der Waals surface area contributed by atoms with Crippen LogP contribution in [0.1, 0.15) is 39.2 Å². The fourth-order valence-electron chi connectivity index (χ4n) is 3.28. The Hall–Kier alpha value is -3.41. The molecule has 11 nitrogen and oxygen atoms in total. The van der Waals surface area contributed by atoms with Crippen LogP contribution in [0, 0.1) is 0 Å². The summed E-state index contributed by atoms with van der Waals surface area (Å²) >= 11 is 0. The van der Waals surface area contributed by atoms with Crippen molar-refractivity contribution in [1.82, 2.24) is 15.6 Å². The smallest absolute Gasteiger partial charge is 0.328 e. The Bertz CT molecular complexity index is 1160. The highest BCUT2D eigenvalue weighted by molar-refractivity contribution is 7.86. The van der Waals surface area contributed by atoms with E-state index in [1.54, 1.807) is 20.0 Å². The molecule has 0 bridgehead atoms. The largest absolute Gasteiger partial charge is 0.461 e. The van der Waals surface area contributed by atoms with E-state index in [1.807, 2.05) is 24.3 Å². The summed E-state index contributed by atoms with van der Waals surface area (Å²) in [5.41, 5.74) is 1.64. The molecule has 186 valence electrons. The molecule has 0 radical (unpaired) electrons. The second-order valence-corrected chi connectivity index (χ2v) is 9.64. The molecule has 0 aliphatic heterocycles. The lowest BCUT2D eigenvalue weighted by Crippen LogP contribution is -2.52. The number of nitrogens with one attached hydrogen (secondary N) is 3. The summed E-state index contributed by atoms with van der Waals surface area (Å²) in [7, 11) is -4.01. The Morgan fingerprint density at radius 1 is 1.06 bits per heavy atom. The summed E-state index contributed by atoms with van der Waals surface area (Å²) in [5, 5.41) is 5.97. The van der Waals surface area contributed by atoms with E-state index in [0.29, 0.717) is 0 Å². The van der Waals surface area contributed by atoms with Gasteiger partial charge in [-0.3, -0.25) is 14.4 Å². The molecule has 34 heavy (non-hydrogen) atoms. The van der Waals surface area contributed by atoms with E-state index in [4.69, 9.17) is 4.74 Å². The van der Waals surface area contributed by atoms with Gasteiger partial charge in [0.25, 0.3) is 0 Å². The molecule has 0 saturated carbocycles. The third-order valence-electron chi connectivity index (χ3n) is 4.63. The van der Waals surface area contributed by atoms with Crippen molar-refractivity contribution in [3.63, 3.8) is 0 Å². The van der Waals surface area contributed by atoms with Gasteiger partial charge in [0, 0.05) is 36.9 Å². The summed E-state index contributed by atoms with van der Waals surface area (Å²) in [5.74, 6) is -2.99. The summed E-state index contributed by atoms with van der Waals surface area (Å²) in [4.78, 5) is 52.2. The lowest BCUT2D eigenvalue weighted by Gasteiger charge is -2.23. The molecule has 0 unspecified atom stereocenters. The van der Waals surface area contributed by atoms with Gasteiger partial charge in [0.05, 0.1) is 12.4 Å². The number of carbonyl (C=O) groups is 4. The zero-order valence-electron chi connectivity index (χ0n) is 19.4. The van der Waals surface area contributed by atoms with Gasteiger partial charge in [-0.2, -0.15) is 8.42 Å². The number of H-pyrrole nitrogens is 1. The number of para-hydroxylation sites is 1. The summed E-state index contributed by atoms with van der Waals surface area (Å²) < 4.78 is 31.7. The minimum Gasteiger partial charge on any atom is -0.461 e. The molecule has 1 aromatic carbocycles. The van der Waals surface area contributed by atoms with Gasteiger partial charge in [-0.25, -0.2) is 4.79 Å². The first-order valence-electron chi connectivity index (χ1n) is 10.6. The van der Waals surface area contributed by atoms with Crippen molar-refractivity contribution in [2.75, 3.05) is 6.26 Å². The first-order chi connectivity index (χ1) is 15.9. The van der Waals surface area contributed by atoms with Crippen LogP contribution in [0.4, 0.5) is 0 Å².